The lowest BCUT2D eigenvalue weighted by molar-refractivity contribution is 0.660. The number of hydrogen-bond acceptors (Lipinski definition) is 4. The fourth-order valence-electron chi connectivity index (χ4n) is 9.39. The molecule has 0 saturated heterocycles. The molecule has 0 amide bonds. The molecule has 3 heterocycles. The molecule has 1 aliphatic rings. The first-order valence-electron chi connectivity index (χ1n) is 20.9. The highest BCUT2D eigenvalue weighted by Gasteiger charge is 2.35. The predicted octanol–water partition coefficient (Wildman–Crippen LogP) is 14.5. The van der Waals surface area contributed by atoms with Crippen LogP contribution in [-0.2, 0) is 5.41 Å². The molecule has 0 spiro atoms. The van der Waals surface area contributed by atoms with Crippen molar-refractivity contribution in [3.05, 3.63) is 205 Å². The van der Waals surface area contributed by atoms with Crippen molar-refractivity contribution in [2.24, 2.45) is 0 Å². The van der Waals surface area contributed by atoms with E-state index >= 15 is 0 Å². The third-order valence-electron chi connectivity index (χ3n) is 12.6. The number of hydrogen-bond donors (Lipinski definition) is 0. The summed E-state index contributed by atoms with van der Waals surface area (Å²) in [5.41, 5.74) is 17.1. The molecule has 286 valence electrons. The zero-order valence-corrected chi connectivity index (χ0v) is 33.8. The highest BCUT2D eigenvalue weighted by molar-refractivity contribution is 6.04. The van der Waals surface area contributed by atoms with Gasteiger partial charge in [-0.3, -0.25) is 0 Å². The molecular weight excluding hydrogens is 741 g/mol. The molecule has 0 saturated carbocycles. The Morgan fingerprint density at radius 1 is 0.344 bits per heavy atom. The second-order valence-electron chi connectivity index (χ2n) is 16.7. The fourth-order valence-corrected chi connectivity index (χ4v) is 9.39. The Morgan fingerprint density at radius 3 is 1.74 bits per heavy atom. The summed E-state index contributed by atoms with van der Waals surface area (Å²) < 4.78 is 0. The summed E-state index contributed by atoms with van der Waals surface area (Å²) in [7, 11) is 0. The molecule has 0 aliphatic heterocycles. The molecule has 4 heteroatoms. The van der Waals surface area contributed by atoms with Gasteiger partial charge in [0.25, 0.3) is 0 Å². The molecule has 4 nitrogen and oxygen atoms in total. The maximum absolute atomic E-state index is 5.33. The van der Waals surface area contributed by atoms with Crippen LogP contribution in [0.25, 0.3) is 111 Å². The van der Waals surface area contributed by atoms with Crippen molar-refractivity contribution in [3.63, 3.8) is 0 Å². The van der Waals surface area contributed by atoms with E-state index in [9.17, 15) is 0 Å². The van der Waals surface area contributed by atoms with Crippen LogP contribution in [-0.4, -0.2) is 19.9 Å². The molecule has 12 rings (SSSR count). The van der Waals surface area contributed by atoms with Gasteiger partial charge in [0.05, 0.1) is 33.6 Å². The van der Waals surface area contributed by atoms with Gasteiger partial charge in [-0.05, 0) is 86.6 Å². The molecule has 0 radical (unpaired) electrons. The second-order valence-corrected chi connectivity index (χ2v) is 16.7. The summed E-state index contributed by atoms with van der Waals surface area (Å²) in [5.74, 6) is 0.713. The Morgan fingerprint density at radius 2 is 0.934 bits per heavy atom. The molecule has 11 aromatic rings. The first-order chi connectivity index (χ1) is 29.9. The van der Waals surface area contributed by atoms with Crippen LogP contribution in [0, 0.1) is 0 Å². The van der Waals surface area contributed by atoms with Crippen molar-refractivity contribution in [2.45, 2.75) is 19.3 Å². The smallest absolute Gasteiger partial charge is 0.160 e. The SMILES string of the molecule is CC1(C)c2ccccc2-c2ccc(-c3ccc4ccc5ccc(-c6cccc(-c7ccc8nc(-c9ccc%10ccccc%10c9)nc(-c9ccccc9)c8c7)c6)nc5c4n3)cc21. The first-order valence-corrected chi connectivity index (χ1v) is 20.9. The number of aromatic nitrogens is 4. The number of pyridine rings is 2. The summed E-state index contributed by atoms with van der Waals surface area (Å²) >= 11 is 0. The minimum absolute atomic E-state index is 0.0801. The largest absolute Gasteiger partial charge is 0.245 e. The zero-order valence-electron chi connectivity index (χ0n) is 33.8. The lowest BCUT2D eigenvalue weighted by Gasteiger charge is -2.21. The number of nitrogens with zero attached hydrogens (tertiary/aromatic N) is 4. The molecule has 8 aromatic carbocycles. The standard InChI is InChI=1S/C57H38N4/c1-57(2)48-18-9-8-17-45(48)46-27-23-43(34-49(46)57)51-29-25-38-21-20-37-24-28-50(58-54(37)55(38)59-51)42-16-10-15-40(31-42)41-26-30-52-47(33-41)53(36-12-4-3-5-13-36)61-56(60-52)44-22-19-35-11-6-7-14-39(35)32-44/h3-34H,1-2H3. The summed E-state index contributed by atoms with van der Waals surface area (Å²) in [5, 5.41) is 5.50. The Bertz CT molecular complexity index is 3570. The fraction of sp³-hybridized carbons (Fsp3) is 0.0526. The minimum atomic E-state index is -0.0801. The van der Waals surface area contributed by atoms with Crippen LogP contribution in [0.4, 0.5) is 0 Å². The molecule has 61 heavy (non-hydrogen) atoms. The molecule has 0 fully saturated rings. The average Bonchev–Trinajstić information content (AvgIpc) is 3.55. The lowest BCUT2D eigenvalue weighted by Crippen LogP contribution is -2.14. The normalized spacial score (nSPS) is 12.9. The highest BCUT2D eigenvalue weighted by Crippen LogP contribution is 2.49. The van der Waals surface area contributed by atoms with E-state index in [4.69, 9.17) is 19.9 Å². The number of benzene rings is 8. The third-order valence-corrected chi connectivity index (χ3v) is 12.6. The van der Waals surface area contributed by atoms with Crippen molar-refractivity contribution >= 4 is 43.5 Å². The molecule has 3 aromatic heterocycles. The van der Waals surface area contributed by atoms with Crippen molar-refractivity contribution in [3.8, 4) is 67.4 Å². The summed E-state index contributed by atoms with van der Waals surface area (Å²) in [6, 6.07) is 68.9. The second kappa shape index (κ2) is 13.6. The highest BCUT2D eigenvalue weighted by atomic mass is 14.9. The zero-order chi connectivity index (χ0) is 40.7. The van der Waals surface area contributed by atoms with Gasteiger partial charge in [0.2, 0.25) is 0 Å². The van der Waals surface area contributed by atoms with Gasteiger partial charge in [-0.25, -0.2) is 19.9 Å². The van der Waals surface area contributed by atoms with Crippen LogP contribution >= 0.6 is 0 Å². The number of fused-ring (bicyclic) bond motifs is 8. The molecule has 0 unspecified atom stereocenters. The summed E-state index contributed by atoms with van der Waals surface area (Å²) in [6.45, 7) is 4.64. The minimum Gasteiger partial charge on any atom is -0.245 e. The average molecular weight is 779 g/mol. The molecule has 0 N–H and O–H groups in total. The van der Waals surface area contributed by atoms with Crippen molar-refractivity contribution in [2.75, 3.05) is 0 Å². The van der Waals surface area contributed by atoms with E-state index in [0.29, 0.717) is 5.82 Å². The van der Waals surface area contributed by atoms with E-state index in [1.54, 1.807) is 0 Å². The van der Waals surface area contributed by atoms with Gasteiger partial charge in [-0.15, -0.1) is 0 Å². The van der Waals surface area contributed by atoms with Crippen LogP contribution in [0.15, 0.2) is 194 Å². The van der Waals surface area contributed by atoms with Gasteiger partial charge in [-0.2, -0.15) is 0 Å². The number of rotatable bonds is 5. The molecular formula is C57H38N4. The van der Waals surface area contributed by atoms with Gasteiger partial charge in [-0.1, -0.05) is 166 Å². The monoisotopic (exact) mass is 778 g/mol. The van der Waals surface area contributed by atoms with Gasteiger partial charge in [0.1, 0.15) is 0 Å². The Balaban J connectivity index is 0.930. The maximum Gasteiger partial charge on any atom is 0.160 e. The van der Waals surface area contributed by atoms with Crippen LogP contribution in [0.1, 0.15) is 25.0 Å². The van der Waals surface area contributed by atoms with E-state index < -0.39 is 0 Å². The van der Waals surface area contributed by atoms with E-state index in [0.717, 1.165) is 83.2 Å². The van der Waals surface area contributed by atoms with Gasteiger partial charge in [0, 0.05) is 43.8 Å². The lowest BCUT2D eigenvalue weighted by atomic mass is 9.82. The van der Waals surface area contributed by atoms with E-state index in [1.165, 1.54) is 33.0 Å². The topological polar surface area (TPSA) is 51.6 Å². The summed E-state index contributed by atoms with van der Waals surface area (Å²) in [4.78, 5) is 21.0. The predicted molar refractivity (Wildman–Crippen MR) is 252 cm³/mol. The molecule has 1 aliphatic carbocycles. The maximum atomic E-state index is 5.33. The van der Waals surface area contributed by atoms with Crippen molar-refractivity contribution < 1.29 is 0 Å². The van der Waals surface area contributed by atoms with E-state index in [2.05, 4.69) is 202 Å². The van der Waals surface area contributed by atoms with Gasteiger partial charge < -0.3 is 0 Å². The van der Waals surface area contributed by atoms with Crippen molar-refractivity contribution in [1.82, 2.24) is 19.9 Å². The van der Waals surface area contributed by atoms with Gasteiger partial charge in [0.15, 0.2) is 5.82 Å². The van der Waals surface area contributed by atoms with Crippen molar-refractivity contribution in [1.29, 1.82) is 0 Å². The van der Waals surface area contributed by atoms with Crippen LogP contribution in [0.3, 0.4) is 0 Å². The Kier molecular flexibility index (Phi) is 7.85. The Hall–Kier alpha value is -7.82. The van der Waals surface area contributed by atoms with Crippen LogP contribution in [0.2, 0.25) is 0 Å². The summed E-state index contributed by atoms with van der Waals surface area (Å²) in [6.07, 6.45) is 0. The van der Waals surface area contributed by atoms with Crippen LogP contribution in [0.5, 0.6) is 0 Å². The van der Waals surface area contributed by atoms with E-state index in [-0.39, 0.29) is 5.41 Å². The first kappa shape index (κ1) is 35.2. The third kappa shape index (κ3) is 5.83. The van der Waals surface area contributed by atoms with Crippen LogP contribution < -0.4 is 0 Å². The molecule has 0 bridgehead atoms. The Labute approximate surface area is 353 Å². The van der Waals surface area contributed by atoms with E-state index in [1.807, 2.05) is 6.07 Å². The van der Waals surface area contributed by atoms with Gasteiger partial charge >= 0.3 is 0 Å². The molecule has 0 atom stereocenters. The quantitative estimate of drug-likeness (QED) is 0.163.